The minimum absolute atomic E-state index is 0.0663. The van der Waals surface area contributed by atoms with Crippen LogP contribution in [0.5, 0.6) is 5.75 Å². The van der Waals surface area contributed by atoms with Crippen molar-refractivity contribution in [2.45, 2.75) is 6.42 Å². The van der Waals surface area contributed by atoms with E-state index < -0.39 is 11.8 Å². The van der Waals surface area contributed by atoms with Crippen molar-refractivity contribution < 1.29 is 23.5 Å². The monoisotopic (exact) mass is 403 g/mol. The number of halogens is 1. The number of nitrogens with zero attached hydrogens (tertiary/aromatic N) is 1. The molecule has 7 rings (SSSR count). The molecular formula is C24H18FNO4. The van der Waals surface area contributed by atoms with Crippen LogP contribution in [0.3, 0.4) is 0 Å². The molecule has 2 aromatic rings. The van der Waals surface area contributed by atoms with Gasteiger partial charge in [-0.1, -0.05) is 36.4 Å². The smallest absolute Gasteiger partial charge is 0.346 e. The Morgan fingerprint density at radius 3 is 2.17 bits per heavy atom. The molecule has 0 unspecified atom stereocenters. The molecule has 2 aromatic carbocycles. The number of carbonyl (C=O) groups is 3. The first kappa shape index (κ1) is 17.6. The highest BCUT2D eigenvalue weighted by Gasteiger charge is 2.67. The number of anilines is 1. The van der Waals surface area contributed by atoms with Crippen LogP contribution >= 0.6 is 0 Å². The van der Waals surface area contributed by atoms with Gasteiger partial charge in [-0.25, -0.2) is 14.1 Å². The van der Waals surface area contributed by atoms with Crippen LogP contribution in [0.1, 0.15) is 16.8 Å². The molecule has 2 bridgehead atoms. The molecule has 1 heterocycles. The maximum atomic E-state index is 14.0. The summed E-state index contributed by atoms with van der Waals surface area (Å²) in [7, 11) is 0. The number of carbonyl (C=O) groups excluding carboxylic acids is 3. The zero-order chi connectivity index (χ0) is 20.6. The van der Waals surface area contributed by atoms with E-state index in [-0.39, 0.29) is 52.5 Å². The summed E-state index contributed by atoms with van der Waals surface area (Å²) in [4.78, 5) is 40.4. The first-order valence-electron chi connectivity index (χ1n) is 10.2. The predicted molar refractivity (Wildman–Crippen MR) is 105 cm³/mol. The molecule has 0 radical (unpaired) electrons. The van der Waals surface area contributed by atoms with E-state index in [1.165, 1.54) is 35.2 Å². The third-order valence-corrected chi connectivity index (χ3v) is 7.07. The van der Waals surface area contributed by atoms with Crippen LogP contribution < -0.4 is 9.64 Å². The first-order chi connectivity index (χ1) is 14.6. The summed E-state index contributed by atoms with van der Waals surface area (Å²) in [5, 5.41) is 0. The Kier molecular flexibility index (Phi) is 3.58. The number of hydrogen-bond acceptors (Lipinski definition) is 4. The predicted octanol–water partition coefficient (Wildman–Crippen LogP) is 3.60. The van der Waals surface area contributed by atoms with E-state index >= 15 is 0 Å². The van der Waals surface area contributed by atoms with Crippen LogP contribution in [0.25, 0.3) is 0 Å². The molecule has 6 atom stereocenters. The Morgan fingerprint density at radius 2 is 1.50 bits per heavy atom. The zero-order valence-electron chi connectivity index (χ0n) is 15.9. The third-order valence-electron chi connectivity index (χ3n) is 7.07. The standard InChI is InChI=1S/C24H18FNO4/c25-17-6-2-1-5-14(17)24(29)30-19-8-4-3-7-18(19)26-22(27)20-12-9-10-13(16-11-15(12)16)21(20)23(26)28/h1-10,12-13,15-16,20-21H,11H2/t12-,13+,15+,16-,20-,21+. The average Bonchev–Trinajstić information content (AvgIpc) is 3.53. The van der Waals surface area contributed by atoms with Crippen molar-refractivity contribution in [1.29, 1.82) is 0 Å². The van der Waals surface area contributed by atoms with Gasteiger partial charge in [-0.15, -0.1) is 0 Å². The van der Waals surface area contributed by atoms with Gasteiger partial charge in [-0.05, 0) is 54.4 Å². The van der Waals surface area contributed by atoms with Crippen molar-refractivity contribution in [3.05, 3.63) is 72.1 Å². The van der Waals surface area contributed by atoms with Crippen molar-refractivity contribution in [3.8, 4) is 5.75 Å². The lowest BCUT2D eigenvalue weighted by atomic mass is 9.63. The SMILES string of the molecule is O=C(Oc1ccccc1N1C(=O)[C@@H]2[C@@H]3C=C[C@@H]([C@H]4C[C@@H]34)[C@@H]2C1=O)c1ccccc1F. The summed E-state index contributed by atoms with van der Waals surface area (Å²) >= 11 is 0. The molecule has 1 saturated heterocycles. The molecule has 3 fully saturated rings. The van der Waals surface area contributed by atoms with Gasteiger partial charge in [0.1, 0.15) is 5.82 Å². The number of amides is 2. The number of allylic oxidation sites excluding steroid dienone is 2. The van der Waals surface area contributed by atoms with Gasteiger partial charge in [-0.2, -0.15) is 0 Å². The van der Waals surface area contributed by atoms with Crippen LogP contribution in [0, 0.1) is 41.3 Å². The van der Waals surface area contributed by atoms with Gasteiger partial charge in [0.2, 0.25) is 11.8 Å². The second-order valence-corrected chi connectivity index (χ2v) is 8.50. The highest BCUT2D eigenvalue weighted by atomic mass is 19.1. The summed E-state index contributed by atoms with van der Waals surface area (Å²) in [6.45, 7) is 0. The molecule has 6 heteroatoms. The van der Waals surface area contributed by atoms with Gasteiger partial charge in [-0.3, -0.25) is 9.59 Å². The number of imide groups is 1. The lowest BCUT2D eigenvalue weighted by Crippen LogP contribution is -2.40. The largest absolute Gasteiger partial charge is 0.421 e. The molecular weight excluding hydrogens is 385 g/mol. The molecule has 4 aliphatic carbocycles. The average molecular weight is 403 g/mol. The fourth-order valence-electron chi connectivity index (χ4n) is 5.70. The summed E-state index contributed by atoms with van der Waals surface area (Å²) in [5.41, 5.74) is 0.0297. The van der Waals surface area contributed by atoms with Crippen LogP contribution in [0.4, 0.5) is 10.1 Å². The summed E-state index contributed by atoms with van der Waals surface area (Å²) in [6, 6.07) is 12.0. The summed E-state index contributed by atoms with van der Waals surface area (Å²) in [5.74, 6) is -1.41. The molecule has 2 amide bonds. The van der Waals surface area contributed by atoms with Gasteiger partial charge >= 0.3 is 5.97 Å². The van der Waals surface area contributed by atoms with E-state index in [4.69, 9.17) is 4.74 Å². The van der Waals surface area contributed by atoms with Gasteiger partial charge < -0.3 is 4.74 Å². The second kappa shape index (κ2) is 6.11. The van der Waals surface area contributed by atoms with Crippen molar-refractivity contribution in [2.75, 3.05) is 4.90 Å². The fraction of sp³-hybridized carbons (Fsp3) is 0.292. The summed E-state index contributed by atoms with van der Waals surface area (Å²) in [6.07, 6.45) is 5.31. The maximum absolute atomic E-state index is 14.0. The lowest BCUT2D eigenvalue weighted by molar-refractivity contribution is -0.124. The van der Waals surface area contributed by atoms with E-state index in [1.807, 2.05) is 0 Å². The van der Waals surface area contributed by atoms with Crippen LogP contribution in [-0.2, 0) is 9.59 Å². The minimum Gasteiger partial charge on any atom is -0.421 e. The Hall–Kier alpha value is -3.28. The van der Waals surface area contributed by atoms with E-state index in [2.05, 4.69) is 12.2 Å². The van der Waals surface area contributed by atoms with Crippen molar-refractivity contribution in [1.82, 2.24) is 0 Å². The van der Waals surface area contributed by atoms with Crippen molar-refractivity contribution in [3.63, 3.8) is 0 Å². The Bertz CT molecular complexity index is 1110. The van der Waals surface area contributed by atoms with Crippen molar-refractivity contribution in [2.24, 2.45) is 35.5 Å². The molecule has 0 spiro atoms. The Morgan fingerprint density at radius 1 is 0.900 bits per heavy atom. The Labute approximate surface area is 172 Å². The molecule has 0 aromatic heterocycles. The van der Waals surface area contributed by atoms with Crippen LogP contribution in [0.15, 0.2) is 60.7 Å². The second-order valence-electron chi connectivity index (χ2n) is 8.50. The molecule has 5 aliphatic rings. The minimum atomic E-state index is -0.875. The molecule has 5 nitrogen and oxygen atoms in total. The number of rotatable bonds is 3. The molecule has 150 valence electrons. The van der Waals surface area contributed by atoms with Gasteiger partial charge in [0.15, 0.2) is 5.75 Å². The number of esters is 1. The number of benzene rings is 2. The van der Waals surface area contributed by atoms with Crippen LogP contribution in [-0.4, -0.2) is 17.8 Å². The van der Waals surface area contributed by atoms with Gasteiger partial charge in [0.25, 0.3) is 0 Å². The van der Waals surface area contributed by atoms with E-state index in [0.717, 1.165) is 6.42 Å². The third kappa shape index (κ3) is 2.30. The number of hydrogen-bond donors (Lipinski definition) is 0. The van der Waals surface area contributed by atoms with Crippen LogP contribution in [0.2, 0.25) is 0 Å². The lowest BCUT2D eigenvalue weighted by Gasteiger charge is -2.37. The maximum Gasteiger partial charge on any atom is 0.346 e. The zero-order valence-corrected chi connectivity index (χ0v) is 15.9. The van der Waals surface area contributed by atoms with E-state index in [0.29, 0.717) is 11.8 Å². The fourth-order valence-corrected chi connectivity index (χ4v) is 5.70. The quantitative estimate of drug-likeness (QED) is 0.340. The molecule has 30 heavy (non-hydrogen) atoms. The van der Waals surface area contributed by atoms with Gasteiger partial charge in [0.05, 0.1) is 23.1 Å². The highest BCUT2D eigenvalue weighted by molar-refractivity contribution is 6.23. The molecule has 1 aliphatic heterocycles. The normalized spacial score (nSPS) is 32.8. The van der Waals surface area contributed by atoms with E-state index in [9.17, 15) is 18.8 Å². The Balaban J connectivity index is 1.35. The topological polar surface area (TPSA) is 63.7 Å². The van der Waals surface area contributed by atoms with Crippen molar-refractivity contribution >= 4 is 23.5 Å². The molecule has 0 N–H and O–H groups in total. The van der Waals surface area contributed by atoms with Gasteiger partial charge in [0, 0.05) is 0 Å². The first-order valence-corrected chi connectivity index (χ1v) is 10.2. The molecule has 2 saturated carbocycles. The highest BCUT2D eigenvalue weighted by Crippen LogP contribution is 2.65. The summed E-state index contributed by atoms with van der Waals surface area (Å²) < 4.78 is 19.4. The van der Waals surface area contributed by atoms with E-state index in [1.54, 1.807) is 18.2 Å². The number of ether oxygens (including phenoxy) is 1. The number of para-hydroxylation sites is 2.